The van der Waals surface area contributed by atoms with Crippen LogP contribution in [-0.2, 0) is 81.6 Å². The van der Waals surface area contributed by atoms with Crippen LogP contribution in [-0.4, -0.2) is 90.1 Å². The third-order valence-electron chi connectivity index (χ3n) is 6.22. The van der Waals surface area contributed by atoms with Gasteiger partial charge in [-0.25, -0.2) is 0 Å². The second-order valence-electron chi connectivity index (χ2n) is 10.5. The fourth-order valence-electron chi connectivity index (χ4n) is 5.06. The Morgan fingerprint density at radius 2 is 1.06 bits per heavy atom. The minimum absolute atomic E-state index is 0.441. The quantitative estimate of drug-likeness (QED) is 0.181. The van der Waals surface area contributed by atoms with Gasteiger partial charge < -0.3 is 0 Å². The summed E-state index contributed by atoms with van der Waals surface area (Å²) in [5.41, 5.74) is 0. The molecule has 8 atom stereocenters. The van der Waals surface area contributed by atoms with Crippen molar-refractivity contribution in [1.82, 2.24) is 0 Å². The fraction of sp³-hybridized carbons (Fsp3) is 1.00. The standard InChI is InChI=1S/2C10H17O6S.Hg/c2*1-5-6-7(16-17(4,11)12)8-9(13-6)15-10(2,3)14-8;/h2*6-9H,1,5H2,2-4H3;/t2*6-,7+,8-,9-;/m11./s1. The molecule has 4 saturated heterocycles. The number of rotatable bonds is 10. The summed E-state index contributed by atoms with van der Waals surface area (Å²) >= 11 is -1.43. The van der Waals surface area contributed by atoms with E-state index < -0.39 is 106 Å². The molecule has 0 aromatic carbocycles. The van der Waals surface area contributed by atoms with E-state index in [4.69, 9.17) is 36.8 Å². The van der Waals surface area contributed by atoms with Crippen LogP contribution in [0, 0.1) is 0 Å². The van der Waals surface area contributed by atoms with Crippen molar-refractivity contribution in [3.05, 3.63) is 0 Å². The van der Waals surface area contributed by atoms with Crippen molar-refractivity contribution < 1.29 is 78.2 Å². The van der Waals surface area contributed by atoms with Gasteiger partial charge in [0.15, 0.2) is 0 Å². The minimum atomic E-state index is -3.70. The average Bonchev–Trinajstić information content (AvgIpc) is 3.31. The van der Waals surface area contributed by atoms with Crippen molar-refractivity contribution in [3.63, 3.8) is 0 Å². The van der Waals surface area contributed by atoms with E-state index in [2.05, 4.69) is 0 Å². The zero-order chi connectivity index (χ0) is 25.8. The van der Waals surface area contributed by atoms with Gasteiger partial charge in [-0.2, -0.15) is 0 Å². The molecule has 12 nitrogen and oxygen atoms in total. The summed E-state index contributed by atoms with van der Waals surface area (Å²) in [5, 5.41) is 0. The topological polar surface area (TPSA) is 142 Å². The first-order valence-electron chi connectivity index (χ1n) is 11.8. The van der Waals surface area contributed by atoms with E-state index in [0.29, 0.717) is 12.8 Å². The Kier molecular flexibility index (Phi) is 8.35. The maximum absolute atomic E-state index is 11.8. The predicted octanol–water partition coefficient (Wildman–Crippen LogP) is 1.13. The molecular weight excluding hydrogens is 697 g/mol. The molecule has 4 aliphatic heterocycles. The SMILES string of the molecule is CC1(C)O[C@H]2O[C@H](C[CH2][Hg][CH2]C[C@H]3O[C@@H]4OC(C)(C)O[C@@H]4[C@H]3OS(C)(=O)=O)[C@H](OS(C)(=O)=O)[C@H]2O1. The van der Waals surface area contributed by atoms with Crippen molar-refractivity contribution in [2.24, 2.45) is 0 Å². The van der Waals surface area contributed by atoms with Crippen molar-refractivity contribution in [2.75, 3.05) is 12.5 Å². The Hall–Kier alpha value is 0.515. The summed E-state index contributed by atoms with van der Waals surface area (Å²) in [4.78, 5) is 0. The van der Waals surface area contributed by atoms with E-state index in [1.165, 1.54) is 0 Å². The zero-order valence-electron chi connectivity index (χ0n) is 20.9. The van der Waals surface area contributed by atoms with Crippen LogP contribution in [0.25, 0.3) is 0 Å². The van der Waals surface area contributed by atoms with Crippen LogP contribution in [0.3, 0.4) is 0 Å². The summed E-state index contributed by atoms with van der Waals surface area (Å²) < 4.78 is 94.8. The van der Waals surface area contributed by atoms with E-state index in [1.54, 1.807) is 27.7 Å². The molecule has 0 radical (unpaired) electrons. The summed E-state index contributed by atoms with van der Waals surface area (Å²) in [6, 6.07) is 0. The van der Waals surface area contributed by atoms with Gasteiger partial charge in [-0.1, -0.05) is 0 Å². The van der Waals surface area contributed by atoms with E-state index in [0.717, 1.165) is 20.4 Å². The van der Waals surface area contributed by atoms with E-state index in [-0.39, 0.29) is 0 Å². The van der Waals surface area contributed by atoms with Crippen LogP contribution in [0.5, 0.6) is 0 Å². The molecule has 0 N–H and O–H groups in total. The van der Waals surface area contributed by atoms with Gasteiger partial charge in [0.25, 0.3) is 0 Å². The second-order valence-corrected chi connectivity index (χ2v) is 21.9. The third kappa shape index (κ3) is 7.34. The Balaban J connectivity index is 1.28. The van der Waals surface area contributed by atoms with Crippen LogP contribution >= 0.6 is 0 Å². The van der Waals surface area contributed by atoms with E-state index >= 15 is 0 Å². The fourth-order valence-corrected chi connectivity index (χ4v) is 13.1. The van der Waals surface area contributed by atoms with Crippen LogP contribution < -0.4 is 0 Å². The molecule has 0 aromatic rings. The van der Waals surface area contributed by atoms with Gasteiger partial charge in [0.05, 0.1) is 0 Å². The first kappa shape index (κ1) is 28.5. The van der Waals surface area contributed by atoms with Gasteiger partial charge in [-0.05, 0) is 0 Å². The molecule has 0 spiro atoms. The van der Waals surface area contributed by atoms with E-state index in [9.17, 15) is 16.8 Å². The van der Waals surface area contributed by atoms with Crippen LogP contribution in [0.1, 0.15) is 40.5 Å². The Bertz CT molecular complexity index is 906. The van der Waals surface area contributed by atoms with Gasteiger partial charge >= 0.3 is 220 Å². The van der Waals surface area contributed by atoms with Crippen molar-refractivity contribution in [2.45, 2.75) is 109 Å². The van der Waals surface area contributed by atoms with Crippen molar-refractivity contribution >= 4 is 20.2 Å². The molecule has 0 aromatic heterocycles. The normalized spacial score (nSPS) is 39.9. The number of ether oxygens (including phenoxy) is 6. The molecule has 4 rings (SSSR count). The first-order valence-corrected chi connectivity index (χ1v) is 23.2. The molecule has 0 unspecified atom stereocenters. The molecule has 35 heavy (non-hydrogen) atoms. The molecule has 4 fully saturated rings. The summed E-state index contributed by atoms with van der Waals surface area (Å²) in [5.74, 6) is -1.74. The summed E-state index contributed by atoms with van der Waals surface area (Å²) in [7, 11) is -7.40. The third-order valence-corrected chi connectivity index (χ3v) is 14.4. The second kappa shape index (κ2) is 10.2. The van der Waals surface area contributed by atoms with Crippen LogP contribution in [0.15, 0.2) is 0 Å². The molecule has 4 heterocycles. The Morgan fingerprint density at radius 3 is 1.40 bits per heavy atom. The van der Waals surface area contributed by atoms with Crippen LogP contribution in [0.4, 0.5) is 0 Å². The summed E-state index contributed by atoms with van der Waals surface area (Å²) in [6.07, 6.45) is -1.63. The molecule has 200 valence electrons. The van der Waals surface area contributed by atoms with Gasteiger partial charge in [-0.3, -0.25) is 0 Å². The van der Waals surface area contributed by atoms with Gasteiger partial charge in [-0.15, -0.1) is 0 Å². The molecule has 15 heteroatoms. The molecule has 0 aliphatic carbocycles. The monoisotopic (exact) mass is 732 g/mol. The molecular formula is C20H34HgO12S2. The van der Waals surface area contributed by atoms with Gasteiger partial charge in [0.1, 0.15) is 0 Å². The van der Waals surface area contributed by atoms with E-state index in [1.807, 2.05) is 0 Å². The molecule has 0 saturated carbocycles. The van der Waals surface area contributed by atoms with Crippen molar-refractivity contribution in [1.29, 1.82) is 0 Å². The number of hydrogen-bond donors (Lipinski definition) is 0. The van der Waals surface area contributed by atoms with Gasteiger partial charge in [0.2, 0.25) is 0 Å². The summed E-state index contributed by atoms with van der Waals surface area (Å²) in [6.45, 7) is 6.98. The Labute approximate surface area is 219 Å². The Morgan fingerprint density at radius 1 is 0.686 bits per heavy atom. The van der Waals surface area contributed by atoms with Crippen LogP contribution in [0.2, 0.25) is 7.86 Å². The number of hydrogen-bond acceptors (Lipinski definition) is 12. The zero-order valence-corrected chi connectivity index (χ0v) is 28.0. The predicted molar refractivity (Wildman–Crippen MR) is 116 cm³/mol. The maximum atomic E-state index is 11.8. The molecule has 0 amide bonds. The molecule has 0 bridgehead atoms. The number of fused-ring (bicyclic) bond motifs is 2. The average molecular weight is 731 g/mol. The molecule has 4 aliphatic rings. The van der Waals surface area contributed by atoms with Gasteiger partial charge in [0, 0.05) is 0 Å². The van der Waals surface area contributed by atoms with Crippen molar-refractivity contribution in [3.8, 4) is 0 Å². The first-order chi connectivity index (χ1) is 16.0.